The van der Waals surface area contributed by atoms with Crippen LogP contribution in [0.3, 0.4) is 0 Å². The summed E-state index contributed by atoms with van der Waals surface area (Å²) < 4.78 is 38.0. The van der Waals surface area contributed by atoms with Gasteiger partial charge in [-0.25, -0.2) is 12.7 Å². The Labute approximate surface area is 174 Å². The third-order valence-corrected chi connectivity index (χ3v) is 6.09. The Kier molecular flexibility index (Phi) is 6.07. The minimum atomic E-state index is -4.19. The van der Waals surface area contributed by atoms with Crippen LogP contribution >= 0.6 is 0 Å². The Morgan fingerprint density at radius 3 is 2.10 bits per heavy atom. The van der Waals surface area contributed by atoms with Gasteiger partial charge in [0.25, 0.3) is 10.0 Å². The summed E-state index contributed by atoms with van der Waals surface area (Å²) in [7, 11) is -4.19. The number of benzene rings is 3. The predicted molar refractivity (Wildman–Crippen MR) is 113 cm³/mol. The molecule has 0 atom stereocenters. The highest BCUT2D eigenvalue weighted by Gasteiger charge is 2.30. The van der Waals surface area contributed by atoms with E-state index in [0.717, 1.165) is 4.31 Å². The van der Waals surface area contributed by atoms with Crippen LogP contribution in [-0.4, -0.2) is 26.9 Å². The van der Waals surface area contributed by atoms with Crippen molar-refractivity contribution >= 4 is 38.4 Å². The second kappa shape index (κ2) is 8.54. The van der Waals surface area contributed by atoms with E-state index < -0.39 is 21.9 Å². The number of hydrogen-bond donors (Lipinski definition) is 0. The van der Waals surface area contributed by atoms with Crippen LogP contribution in [0.1, 0.15) is 20.8 Å². The first-order valence-electron chi connectivity index (χ1n) is 9.24. The summed E-state index contributed by atoms with van der Waals surface area (Å²) in [5.41, 5.74) is 0.169. The lowest BCUT2D eigenvalue weighted by molar-refractivity contribution is -0.131. The number of amides is 1. The largest absolute Gasteiger partial charge is 0.494 e. The normalized spacial score (nSPS) is 11.2. The van der Waals surface area contributed by atoms with Crippen LogP contribution in [0.2, 0.25) is 0 Å². The van der Waals surface area contributed by atoms with E-state index >= 15 is 0 Å². The molecule has 0 fully saturated rings. The maximum absolute atomic E-state index is 13.3. The number of fused-ring (bicyclic) bond motifs is 1. The van der Waals surface area contributed by atoms with Crippen LogP contribution in [0.4, 0.5) is 5.69 Å². The van der Waals surface area contributed by atoms with E-state index in [4.69, 9.17) is 9.47 Å². The summed E-state index contributed by atoms with van der Waals surface area (Å²) >= 11 is 0. The van der Waals surface area contributed by atoms with E-state index in [9.17, 15) is 18.0 Å². The van der Waals surface area contributed by atoms with E-state index in [2.05, 4.69) is 0 Å². The lowest BCUT2D eigenvalue weighted by Gasteiger charge is -2.23. The molecule has 0 N–H and O–H groups in total. The van der Waals surface area contributed by atoms with Gasteiger partial charge in [-0.05, 0) is 43.3 Å². The molecule has 156 valence electrons. The molecule has 3 aromatic carbocycles. The topological polar surface area (TPSA) is 90.0 Å². The third kappa shape index (κ3) is 4.13. The molecule has 0 saturated carbocycles. The van der Waals surface area contributed by atoms with Crippen LogP contribution in [0.15, 0.2) is 65.6 Å². The standard InChI is InChI=1S/C22H21NO6S/c1-4-28-17-9-11-18(12-10-17)30(26,27)23(15(2)24)21-13-14-22(29-16(3)25)20-8-6-5-7-19(20)21/h5-14H,4H2,1-3H3. The molecule has 0 heterocycles. The molecule has 1 amide bonds. The second-order valence-corrected chi connectivity index (χ2v) is 8.20. The van der Waals surface area contributed by atoms with Gasteiger partial charge in [0.1, 0.15) is 11.5 Å². The zero-order valence-electron chi connectivity index (χ0n) is 16.8. The maximum Gasteiger partial charge on any atom is 0.308 e. The minimum Gasteiger partial charge on any atom is -0.494 e. The molecule has 0 aliphatic heterocycles. The number of sulfonamides is 1. The second-order valence-electron chi connectivity index (χ2n) is 6.41. The van der Waals surface area contributed by atoms with Gasteiger partial charge in [0.05, 0.1) is 17.2 Å². The SMILES string of the molecule is CCOc1ccc(S(=O)(=O)N(C(C)=O)c2ccc(OC(C)=O)c3ccccc23)cc1. The Morgan fingerprint density at radius 1 is 0.900 bits per heavy atom. The van der Waals surface area contributed by atoms with Crippen LogP contribution in [-0.2, 0) is 19.6 Å². The molecule has 0 spiro atoms. The number of nitrogens with zero attached hydrogens (tertiary/aromatic N) is 1. The van der Waals surface area contributed by atoms with Gasteiger partial charge in [-0.2, -0.15) is 0 Å². The maximum atomic E-state index is 13.3. The molecule has 8 heteroatoms. The quantitative estimate of drug-likeness (QED) is 0.438. The lowest BCUT2D eigenvalue weighted by atomic mass is 10.1. The first-order chi connectivity index (χ1) is 14.3. The van der Waals surface area contributed by atoms with Gasteiger partial charge in [-0.1, -0.05) is 24.3 Å². The Balaban J connectivity index is 2.16. The number of rotatable bonds is 6. The highest BCUT2D eigenvalue weighted by Crippen LogP contribution is 2.36. The Hall–Kier alpha value is -3.39. The minimum absolute atomic E-state index is 0.0469. The smallest absolute Gasteiger partial charge is 0.308 e. The van der Waals surface area contributed by atoms with Gasteiger partial charge < -0.3 is 9.47 Å². The zero-order chi connectivity index (χ0) is 21.9. The number of hydrogen-bond acceptors (Lipinski definition) is 6. The molecule has 7 nitrogen and oxygen atoms in total. The van der Waals surface area contributed by atoms with E-state index in [-0.39, 0.29) is 16.3 Å². The average molecular weight is 427 g/mol. The van der Waals surface area contributed by atoms with Crippen molar-refractivity contribution in [1.29, 1.82) is 0 Å². The van der Waals surface area contributed by atoms with Gasteiger partial charge in [0, 0.05) is 24.6 Å². The van der Waals surface area contributed by atoms with E-state index in [1.165, 1.54) is 50.2 Å². The van der Waals surface area contributed by atoms with Crippen LogP contribution in [0.5, 0.6) is 11.5 Å². The molecule has 0 unspecified atom stereocenters. The van der Waals surface area contributed by atoms with Gasteiger partial charge in [-0.15, -0.1) is 0 Å². The van der Waals surface area contributed by atoms with Crippen LogP contribution in [0.25, 0.3) is 10.8 Å². The molecule has 3 aromatic rings. The summed E-state index contributed by atoms with van der Waals surface area (Å²) in [4.78, 5) is 23.8. The highest BCUT2D eigenvalue weighted by molar-refractivity contribution is 7.93. The van der Waals surface area contributed by atoms with Gasteiger partial charge in [0.15, 0.2) is 0 Å². The Morgan fingerprint density at radius 2 is 1.53 bits per heavy atom. The molecule has 0 aliphatic rings. The number of esters is 1. The third-order valence-electron chi connectivity index (χ3n) is 4.29. The molecule has 30 heavy (non-hydrogen) atoms. The van der Waals surface area contributed by atoms with Crippen molar-refractivity contribution in [3.63, 3.8) is 0 Å². The molecular formula is C22H21NO6S. The summed E-state index contributed by atoms with van der Waals surface area (Å²) in [5.74, 6) is -0.363. The lowest BCUT2D eigenvalue weighted by Crippen LogP contribution is -2.35. The van der Waals surface area contributed by atoms with Crippen molar-refractivity contribution in [3.05, 3.63) is 60.7 Å². The monoisotopic (exact) mass is 427 g/mol. The van der Waals surface area contributed by atoms with Crippen molar-refractivity contribution in [3.8, 4) is 11.5 Å². The molecular weight excluding hydrogens is 406 g/mol. The number of carbonyl (C=O) groups excluding carboxylic acids is 2. The molecule has 0 radical (unpaired) electrons. The van der Waals surface area contributed by atoms with Crippen molar-refractivity contribution < 1.29 is 27.5 Å². The fourth-order valence-corrected chi connectivity index (χ4v) is 4.57. The summed E-state index contributed by atoms with van der Waals surface area (Å²) in [5, 5.41) is 0.972. The molecule has 0 aliphatic carbocycles. The summed E-state index contributed by atoms with van der Waals surface area (Å²) in [6.45, 7) is 4.74. The summed E-state index contributed by atoms with van der Waals surface area (Å²) in [6, 6.07) is 15.6. The first-order valence-corrected chi connectivity index (χ1v) is 10.7. The number of carbonyl (C=O) groups is 2. The van der Waals surface area contributed by atoms with Gasteiger partial charge in [0.2, 0.25) is 5.91 Å². The van der Waals surface area contributed by atoms with Crippen molar-refractivity contribution in [2.24, 2.45) is 0 Å². The van der Waals surface area contributed by atoms with Crippen LogP contribution < -0.4 is 13.8 Å². The Bertz CT molecular complexity index is 1200. The van der Waals surface area contributed by atoms with Crippen LogP contribution in [0, 0.1) is 0 Å². The van der Waals surface area contributed by atoms with E-state index in [1.54, 1.807) is 24.3 Å². The van der Waals surface area contributed by atoms with Gasteiger partial charge >= 0.3 is 5.97 Å². The summed E-state index contributed by atoms with van der Waals surface area (Å²) in [6.07, 6.45) is 0. The number of ether oxygens (including phenoxy) is 2. The average Bonchev–Trinajstić information content (AvgIpc) is 2.70. The first kappa shape index (κ1) is 21.3. The number of anilines is 1. The van der Waals surface area contributed by atoms with E-state index in [1.807, 2.05) is 6.92 Å². The molecule has 0 saturated heterocycles. The molecule has 0 aromatic heterocycles. The predicted octanol–water partition coefficient (Wildman–Crippen LogP) is 3.91. The highest BCUT2D eigenvalue weighted by atomic mass is 32.2. The van der Waals surface area contributed by atoms with Gasteiger partial charge in [-0.3, -0.25) is 9.59 Å². The fraction of sp³-hybridized carbons (Fsp3) is 0.182. The molecule has 3 rings (SSSR count). The fourth-order valence-electron chi connectivity index (χ4n) is 3.12. The van der Waals surface area contributed by atoms with E-state index in [0.29, 0.717) is 23.1 Å². The molecule has 0 bridgehead atoms. The zero-order valence-corrected chi connectivity index (χ0v) is 17.6. The van der Waals surface area contributed by atoms with Crippen molar-refractivity contribution in [2.45, 2.75) is 25.7 Å². The van der Waals surface area contributed by atoms with Crippen molar-refractivity contribution in [2.75, 3.05) is 10.9 Å². The van der Waals surface area contributed by atoms with Crippen molar-refractivity contribution in [1.82, 2.24) is 0 Å².